The molecule has 2 aromatic carbocycles. The van der Waals surface area contributed by atoms with Gasteiger partial charge in [0.1, 0.15) is 16.5 Å². The molecule has 1 aliphatic rings. The zero-order chi connectivity index (χ0) is 20.4. The van der Waals surface area contributed by atoms with E-state index in [1.54, 1.807) is 18.2 Å². The highest BCUT2D eigenvalue weighted by atomic mass is 32.2. The maximum atomic E-state index is 14.0. The molecule has 2 aromatic rings. The second-order valence-corrected chi connectivity index (χ2v) is 9.29. The third-order valence-corrected chi connectivity index (χ3v) is 7.49. The van der Waals surface area contributed by atoms with Crippen molar-refractivity contribution in [1.29, 1.82) is 0 Å². The molecule has 1 atom stereocenters. The molecule has 4 nitrogen and oxygen atoms in total. The fraction of sp³-hybridized carbons (Fsp3) is 0.333. The number of ether oxygens (including phenoxy) is 1. The standard InChI is InChI=1S/C18H17F4NO3S2/c19-14-6-2-1-5-13(14)16-9-10-23(11-12-27-16)28(24,25)17-8-4-3-7-15(17)26-18(20,21)22/h1-8,16H,9-12H2. The first-order chi connectivity index (χ1) is 13.2. The lowest BCUT2D eigenvalue weighted by atomic mass is 10.1. The predicted octanol–water partition coefficient (Wildman–Crippen LogP) is 4.59. The van der Waals surface area contributed by atoms with E-state index in [2.05, 4.69) is 4.74 Å². The summed E-state index contributed by atoms with van der Waals surface area (Å²) >= 11 is 1.42. The average molecular weight is 435 g/mol. The third kappa shape index (κ3) is 4.79. The first-order valence-corrected chi connectivity index (χ1v) is 10.9. The number of thioether (sulfide) groups is 1. The molecule has 0 bridgehead atoms. The third-order valence-electron chi connectivity index (χ3n) is 4.25. The SMILES string of the molecule is O=S(=O)(c1ccccc1OC(F)(F)F)N1CCSC(c2ccccc2F)CC1. The van der Waals surface area contributed by atoms with E-state index in [-0.39, 0.29) is 24.2 Å². The maximum Gasteiger partial charge on any atom is 0.573 e. The molecule has 0 radical (unpaired) electrons. The number of para-hydroxylation sites is 1. The zero-order valence-electron chi connectivity index (χ0n) is 14.5. The number of rotatable bonds is 4. The molecule has 1 unspecified atom stereocenters. The van der Waals surface area contributed by atoms with Crippen LogP contribution in [-0.4, -0.2) is 37.9 Å². The molecule has 0 spiro atoms. The van der Waals surface area contributed by atoms with E-state index in [0.717, 1.165) is 16.4 Å². The molecule has 1 heterocycles. The minimum absolute atomic E-state index is 0.0642. The fourth-order valence-electron chi connectivity index (χ4n) is 2.99. The summed E-state index contributed by atoms with van der Waals surface area (Å²) < 4.78 is 82.8. The fourth-order valence-corrected chi connectivity index (χ4v) is 5.93. The van der Waals surface area contributed by atoms with Crippen molar-refractivity contribution in [2.45, 2.75) is 22.9 Å². The molecular weight excluding hydrogens is 418 g/mol. The van der Waals surface area contributed by atoms with E-state index in [9.17, 15) is 26.0 Å². The molecule has 1 aliphatic heterocycles. The van der Waals surface area contributed by atoms with Gasteiger partial charge in [-0.25, -0.2) is 12.8 Å². The van der Waals surface area contributed by atoms with Crippen LogP contribution in [0.1, 0.15) is 17.2 Å². The Balaban J connectivity index is 1.83. The zero-order valence-corrected chi connectivity index (χ0v) is 16.2. The highest BCUT2D eigenvalue weighted by molar-refractivity contribution is 7.99. The van der Waals surface area contributed by atoms with Crippen LogP contribution in [0.2, 0.25) is 0 Å². The van der Waals surface area contributed by atoms with E-state index in [0.29, 0.717) is 17.7 Å². The Morgan fingerprint density at radius 2 is 1.71 bits per heavy atom. The van der Waals surface area contributed by atoms with Gasteiger partial charge in [-0.2, -0.15) is 16.1 Å². The molecule has 0 saturated carbocycles. The van der Waals surface area contributed by atoms with E-state index >= 15 is 0 Å². The van der Waals surface area contributed by atoms with Gasteiger partial charge in [-0.3, -0.25) is 0 Å². The minimum atomic E-state index is -5.00. The Hall–Kier alpha value is -1.78. The van der Waals surface area contributed by atoms with Crippen molar-refractivity contribution in [3.05, 3.63) is 59.9 Å². The summed E-state index contributed by atoms with van der Waals surface area (Å²) in [5.41, 5.74) is 0.493. The average Bonchev–Trinajstić information content (AvgIpc) is 2.88. The first kappa shape index (κ1) is 20.9. The van der Waals surface area contributed by atoms with E-state index in [1.165, 1.54) is 30.0 Å². The second kappa shape index (κ2) is 8.30. The maximum absolute atomic E-state index is 14.0. The molecule has 1 saturated heterocycles. The summed E-state index contributed by atoms with van der Waals surface area (Å²) in [6.45, 7) is 0.174. The van der Waals surface area contributed by atoms with Gasteiger partial charge in [-0.05, 0) is 24.6 Å². The van der Waals surface area contributed by atoms with Gasteiger partial charge in [0.2, 0.25) is 10.0 Å². The van der Waals surface area contributed by atoms with Gasteiger partial charge in [0.25, 0.3) is 0 Å². The molecule has 10 heteroatoms. The summed E-state index contributed by atoms with van der Waals surface area (Å²) in [5.74, 6) is -0.738. The number of hydrogen-bond acceptors (Lipinski definition) is 4. The molecule has 0 aromatic heterocycles. The largest absolute Gasteiger partial charge is 0.573 e. The quantitative estimate of drug-likeness (QED) is 0.659. The molecule has 0 N–H and O–H groups in total. The topological polar surface area (TPSA) is 46.6 Å². The number of benzene rings is 2. The van der Waals surface area contributed by atoms with Crippen molar-refractivity contribution in [2.24, 2.45) is 0 Å². The normalized spacial score (nSPS) is 19.2. The van der Waals surface area contributed by atoms with Crippen molar-refractivity contribution in [1.82, 2.24) is 4.31 Å². The second-order valence-electron chi connectivity index (χ2n) is 6.07. The lowest BCUT2D eigenvalue weighted by Gasteiger charge is -2.22. The van der Waals surface area contributed by atoms with Crippen molar-refractivity contribution >= 4 is 21.8 Å². The summed E-state index contributed by atoms with van der Waals surface area (Å²) in [7, 11) is -4.20. The Labute approximate surface area is 164 Å². The van der Waals surface area contributed by atoms with Crippen molar-refractivity contribution < 1.29 is 30.7 Å². The molecule has 1 fully saturated rings. The van der Waals surface area contributed by atoms with Gasteiger partial charge in [0.15, 0.2) is 0 Å². The number of nitrogens with zero attached hydrogens (tertiary/aromatic N) is 1. The first-order valence-electron chi connectivity index (χ1n) is 8.39. The number of alkyl halides is 3. The van der Waals surface area contributed by atoms with Crippen LogP contribution in [-0.2, 0) is 10.0 Å². The van der Waals surface area contributed by atoms with Gasteiger partial charge in [0.05, 0.1) is 0 Å². The summed E-state index contributed by atoms with van der Waals surface area (Å²) in [6, 6.07) is 11.0. The van der Waals surface area contributed by atoms with E-state index in [1.807, 2.05) is 0 Å². The number of hydrogen-bond donors (Lipinski definition) is 0. The lowest BCUT2D eigenvalue weighted by Crippen LogP contribution is -2.33. The lowest BCUT2D eigenvalue weighted by molar-refractivity contribution is -0.275. The van der Waals surface area contributed by atoms with Crippen LogP contribution in [0.4, 0.5) is 17.6 Å². The van der Waals surface area contributed by atoms with Crippen molar-refractivity contribution in [2.75, 3.05) is 18.8 Å². The van der Waals surface area contributed by atoms with Crippen LogP contribution >= 0.6 is 11.8 Å². The smallest absolute Gasteiger partial charge is 0.404 e. The Bertz CT molecular complexity index is 934. The summed E-state index contributed by atoms with van der Waals surface area (Å²) in [4.78, 5) is -0.540. The van der Waals surface area contributed by atoms with Crippen molar-refractivity contribution in [3.63, 3.8) is 0 Å². The van der Waals surface area contributed by atoms with Crippen LogP contribution in [0.5, 0.6) is 5.75 Å². The van der Waals surface area contributed by atoms with Gasteiger partial charge < -0.3 is 4.74 Å². The molecule has 0 aliphatic carbocycles. The van der Waals surface area contributed by atoms with E-state index < -0.39 is 27.0 Å². The molecule has 0 amide bonds. The predicted molar refractivity (Wildman–Crippen MR) is 98.1 cm³/mol. The van der Waals surface area contributed by atoms with Gasteiger partial charge in [-0.1, -0.05) is 30.3 Å². The van der Waals surface area contributed by atoms with Gasteiger partial charge in [0, 0.05) is 29.7 Å². The summed E-state index contributed by atoms with van der Waals surface area (Å²) in [6.07, 6.45) is -4.66. The Morgan fingerprint density at radius 1 is 1.04 bits per heavy atom. The minimum Gasteiger partial charge on any atom is -0.404 e. The Kier molecular flexibility index (Phi) is 6.21. The highest BCUT2D eigenvalue weighted by Crippen LogP contribution is 2.38. The molecule has 152 valence electrons. The van der Waals surface area contributed by atoms with Gasteiger partial charge in [-0.15, -0.1) is 13.2 Å². The van der Waals surface area contributed by atoms with Crippen LogP contribution in [0.25, 0.3) is 0 Å². The monoisotopic (exact) mass is 435 g/mol. The molecule has 28 heavy (non-hydrogen) atoms. The summed E-state index contributed by atoms with van der Waals surface area (Å²) in [5, 5.41) is -0.233. The number of halogens is 4. The van der Waals surface area contributed by atoms with Crippen molar-refractivity contribution in [3.8, 4) is 5.75 Å². The Morgan fingerprint density at radius 3 is 2.43 bits per heavy atom. The van der Waals surface area contributed by atoms with Gasteiger partial charge >= 0.3 is 6.36 Å². The van der Waals surface area contributed by atoms with Crippen LogP contribution < -0.4 is 4.74 Å². The van der Waals surface area contributed by atoms with E-state index in [4.69, 9.17) is 0 Å². The highest BCUT2D eigenvalue weighted by Gasteiger charge is 2.36. The van der Waals surface area contributed by atoms with Crippen LogP contribution in [0.3, 0.4) is 0 Å². The van der Waals surface area contributed by atoms with Crippen LogP contribution in [0.15, 0.2) is 53.4 Å². The van der Waals surface area contributed by atoms with Crippen LogP contribution in [0, 0.1) is 5.82 Å². The molecular formula is C18H17F4NO3S2. The molecule has 3 rings (SSSR count). The number of sulfonamides is 1.